The number of aromatic nitrogens is 3. The molecule has 9 nitrogen and oxygen atoms in total. The molecule has 0 atom stereocenters. The second kappa shape index (κ2) is 10.00. The van der Waals surface area contributed by atoms with Crippen LogP contribution in [0.5, 0.6) is 5.75 Å². The Morgan fingerprint density at radius 2 is 1.62 bits per heavy atom. The molecular weight excluding hydrogens is 508 g/mol. The van der Waals surface area contributed by atoms with Gasteiger partial charge in [-0.05, 0) is 74.4 Å². The van der Waals surface area contributed by atoms with E-state index in [4.69, 9.17) is 9.47 Å². The van der Waals surface area contributed by atoms with Gasteiger partial charge in [0.2, 0.25) is 5.91 Å². The van der Waals surface area contributed by atoms with Gasteiger partial charge in [-0.2, -0.15) is 5.10 Å². The molecule has 2 heterocycles. The van der Waals surface area contributed by atoms with E-state index in [-0.39, 0.29) is 5.91 Å². The number of rotatable bonds is 5. The third kappa shape index (κ3) is 5.05. The van der Waals surface area contributed by atoms with Gasteiger partial charge in [-0.3, -0.25) is 18.8 Å². The van der Waals surface area contributed by atoms with E-state index in [1.165, 1.54) is 17.7 Å². The Morgan fingerprint density at radius 3 is 2.33 bits per heavy atom. The van der Waals surface area contributed by atoms with Crippen LogP contribution in [-0.4, -0.2) is 44.8 Å². The average Bonchev–Trinajstić information content (AvgIpc) is 3.45. The maximum Gasteiger partial charge on any atom is 0.338 e. The molecule has 0 unspecified atom stereocenters. The summed E-state index contributed by atoms with van der Waals surface area (Å²) >= 11 is 0. The van der Waals surface area contributed by atoms with Crippen LogP contribution in [0.1, 0.15) is 53.2 Å². The second-order valence-electron chi connectivity index (χ2n) is 10.6. The number of anilines is 1. The van der Waals surface area contributed by atoms with Crippen molar-refractivity contribution < 1.29 is 23.9 Å². The van der Waals surface area contributed by atoms with E-state index >= 15 is 0 Å². The van der Waals surface area contributed by atoms with Crippen LogP contribution in [0.25, 0.3) is 32.9 Å². The molecule has 0 saturated heterocycles. The normalized spacial score (nSPS) is 11.6. The lowest BCUT2D eigenvalue weighted by Gasteiger charge is -2.19. The number of hydrogen-bond donors (Lipinski definition) is 1. The zero-order valence-electron chi connectivity index (χ0n) is 23.2. The molecule has 0 radical (unpaired) electrons. The van der Waals surface area contributed by atoms with Crippen molar-refractivity contribution in [3.05, 3.63) is 78.0 Å². The van der Waals surface area contributed by atoms with E-state index in [0.717, 1.165) is 22.0 Å². The molecule has 5 rings (SSSR count). The van der Waals surface area contributed by atoms with E-state index < -0.39 is 17.5 Å². The highest BCUT2D eigenvalue weighted by atomic mass is 16.6. The number of nitrogens with zero attached hydrogens (tertiary/aromatic N) is 3. The summed E-state index contributed by atoms with van der Waals surface area (Å²) in [6, 6.07) is 18.2. The van der Waals surface area contributed by atoms with Crippen LogP contribution in [0.2, 0.25) is 0 Å². The highest BCUT2D eigenvalue weighted by Crippen LogP contribution is 2.31. The van der Waals surface area contributed by atoms with Crippen molar-refractivity contribution in [2.24, 2.45) is 7.05 Å². The minimum absolute atomic E-state index is 0.212. The molecule has 1 N–H and O–H groups in total. The van der Waals surface area contributed by atoms with Gasteiger partial charge in [0.25, 0.3) is 5.91 Å². The number of fused-ring (bicyclic) bond motifs is 2. The van der Waals surface area contributed by atoms with Gasteiger partial charge < -0.3 is 14.8 Å². The fourth-order valence-corrected chi connectivity index (χ4v) is 4.65. The number of aryl methyl sites for hydroxylation is 1. The van der Waals surface area contributed by atoms with E-state index in [1.54, 1.807) is 49.2 Å². The molecule has 5 aromatic rings. The summed E-state index contributed by atoms with van der Waals surface area (Å²) < 4.78 is 14.0. The van der Waals surface area contributed by atoms with Gasteiger partial charge in [-0.15, -0.1) is 0 Å². The third-order valence-electron chi connectivity index (χ3n) is 6.51. The van der Waals surface area contributed by atoms with Crippen LogP contribution in [-0.2, 0) is 11.8 Å². The lowest BCUT2D eigenvalue weighted by molar-refractivity contribution is 0.00693. The van der Waals surface area contributed by atoms with Crippen LogP contribution in [0.4, 0.5) is 5.82 Å². The second-order valence-corrected chi connectivity index (χ2v) is 10.6. The number of ether oxygens (including phenoxy) is 2. The minimum atomic E-state index is -0.601. The highest BCUT2D eigenvalue weighted by molar-refractivity contribution is 6.16. The van der Waals surface area contributed by atoms with Crippen LogP contribution >= 0.6 is 0 Å². The van der Waals surface area contributed by atoms with E-state index in [9.17, 15) is 14.4 Å². The molecule has 0 aliphatic rings. The molecule has 40 heavy (non-hydrogen) atoms. The number of carbonyl (C=O) groups is 3. The van der Waals surface area contributed by atoms with Crippen LogP contribution in [0.3, 0.4) is 0 Å². The Kier molecular flexibility index (Phi) is 6.67. The Bertz CT molecular complexity index is 1810. The van der Waals surface area contributed by atoms with Crippen molar-refractivity contribution in [3.63, 3.8) is 0 Å². The first-order valence-electron chi connectivity index (χ1n) is 12.8. The van der Waals surface area contributed by atoms with Crippen LogP contribution in [0.15, 0.2) is 66.9 Å². The lowest BCUT2D eigenvalue weighted by atomic mass is 10.0. The first kappa shape index (κ1) is 26.7. The maximum atomic E-state index is 13.5. The molecular formula is C31H30N4O5. The molecule has 204 valence electrons. The van der Waals surface area contributed by atoms with Crippen molar-refractivity contribution in [2.75, 3.05) is 12.4 Å². The van der Waals surface area contributed by atoms with Crippen LogP contribution < -0.4 is 10.1 Å². The van der Waals surface area contributed by atoms with Crippen molar-refractivity contribution in [2.45, 2.75) is 33.3 Å². The zero-order chi connectivity index (χ0) is 28.8. The standard InChI is InChI=1S/C31H30N4O5/c1-18(36)35-17-25(23-16-22(39-6)11-13-27(23)35)29(37)32-28-24-15-20(10-12-26(24)34(5)33-28)19-8-7-9-21(14-19)30(38)40-31(2,3)4/h7-17H,1-6H3,(H,32,33,37). The quantitative estimate of drug-likeness (QED) is 0.272. The van der Waals surface area contributed by atoms with Gasteiger partial charge in [-0.1, -0.05) is 18.2 Å². The monoisotopic (exact) mass is 538 g/mol. The van der Waals surface area contributed by atoms with Gasteiger partial charge in [0.15, 0.2) is 5.82 Å². The minimum Gasteiger partial charge on any atom is -0.497 e. The molecule has 0 fully saturated rings. The first-order chi connectivity index (χ1) is 18.9. The number of amides is 1. The van der Waals surface area contributed by atoms with E-state index in [1.807, 2.05) is 51.1 Å². The Morgan fingerprint density at radius 1 is 0.900 bits per heavy atom. The van der Waals surface area contributed by atoms with Crippen LogP contribution in [0, 0.1) is 0 Å². The zero-order valence-corrected chi connectivity index (χ0v) is 23.2. The molecule has 1 amide bonds. The smallest absolute Gasteiger partial charge is 0.338 e. The number of carbonyl (C=O) groups excluding carboxylic acids is 3. The molecule has 3 aromatic carbocycles. The summed E-state index contributed by atoms with van der Waals surface area (Å²) in [5, 5.41) is 8.79. The topological polar surface area (TPSA) is 104 Å². The predicted octanol–water partition coefficient (Wildman–Crippen LogP) is 6.07. The van der Waals surface area contributed by atoms with Gasteiger partial charge in [-0.25, -0.2) is 4.79 Å². The predicted molar refractivity (Wildman–Crippen MR) is 154 cm³/mol. The highest BCUT2D eigenvalue weighted by Gasteiger charge is 2.21. The molecule has 2 aromatic heterocycles. The largest absolute Gasteiger partial charge is 0.497 e. The van der Waals surface area contributed by atoms with Gasteiger partial charge in [0.1, 0.15) is 11.4 Å². The van der Waals surface area contributed by atoms with E-state index in [0.29, 0.717) is 33.6 Å². The van der Waals surface area contributed by atoms with Crippen molar-refractivity contribution >= 4 is 45.4 Å². The number of methoxy groups -OCH3 is 1. The summed E-state index contributed by atoms with van der Waals surface area (Å²) in [4.78, 5) is 38.4. The summed E-state index contributed by atoms with van der Waals surface area (Å²) in [6.45, 7) is 6.93. The Labute approximate surface area is 231 Å². The first-order valence-corrected chi connectivity index (χ1v) is 12.8. The molecule has 0 bridgehead atoms. The summed E-state index contributed by atoms with van der Waals surface area (Å²) in [5.74, 6) is -0.0684. The van der Waals surface area contributed by atoms with Gasteiger partial charge >= 0.3 is 5.97 Å². The maximum absolute atomic E-state index is 13.5. The number of nitrogens with one attached hydrogen (secondary N) is 1. The molecule has 0 spiro atoms. The third-order valence-corrected chi connectivity index (χ3v) is 6.51. The van der Waals surface area contributed by atoms with Gasteiger partial charge in [0, 0.05) is 30.9 Å². The fourth-order valence-electron chi connectivity index (χ4n) is 4.65. The molecule has 0 aliphatic carbocycles. The van der Waals surface area contributed by atoms with Crippen molar-refractivity contribution in [1.82, 2.24) is 14.3 Å². The molecule has 9 heteroatoms. The Balaban J connectivity index is 1.52. The van der Waals surface area contributed by atoms with Gasteiger partial charge in [0.05, 0.1) is 29.3 Å². The number of esters is 1. The number of benzene rings is 3. The summed E-state index contributed by atoms with van der Waals surface area (Å²) in [5.41, 5.74) is 3.26. The lowest BCUT2D eigenvalue weighted by Crippen LogP contribution is -2.23. The Hall–Kier alpha value is -4.92. The van der Waals surface area contributed by atoms with Crippen molar-refractivity contribution in [3.8, 4) is 16.9 Å². The van der Waals surface area contributed by atoms with Crippen molar-refractivity contribution in [1.29, 1.82) is 0 Å². The molecule has 0 saturated carbocycles. The fraction of sp³-hybridized carbons (Fsp3) is 0.226. The SMILES string of the molecule is COc1ccc2c(c1)c(C(=O)Nc1nn(C)c3ccc(-c4cccc(C(=O)OC(C)(C)C)c4)cc13)cn2C(C)=O. The average molecular weight is 539 g/mol. The summed E-state index contributed by atoms with van der Waals surface area (Å²) in [6.07, 6.45) is 1.53. The molecule has 0 aliphatic heterocycles. The number of hydrogen-bond acceptors (Lipinski definition) is 6. The summed E-state index contributed by atoms with van der Waals surface area (Å²) in [7, 11) is 3.34. The van der Waals surface area contributed by atoms with E-state index in [2.05, 4.69) is 10.4 Å².